The fraction of sp³-hybridized carbons (Fsp3) is 0.750. The fourth-order valence-electron chi connectivity index (χ4n) is 1.17. The Hall–Kier alpha value is -1.35. The summed E-state index contributed by atoms with van der Waals surface area (Å²) >= 11 is 0. The van der Waals surface area contributed by atoms with Crippen molar-refractivity contribution in [1.29, 1.82) is 0 Å². The Bertz CT molecular complexity index is 387. The molecule has 0 aliphatic carbocycles. The second-order valence-corrected chi connectivity index (χ2v) is 4.71. The number of amides is 1. The van der Waals surface area contributed by atoms with Crippen molar-refractivity contribution in [3.63, 3.8) is 0 Å². The molecule has 0 saturated heterocycles. The van der Waals surface area contributed by atoms with Gasteiger partial charge in [0, 0.05) is 0 Å². The number of nitrogens with one attached hydrogen (secondary N) is 2. The van der Waals surface area contributed by atoms with E-state index in [9.17, 15) is 18.0 Å². The number of carbonyl (C=O) groups excluding carboxylic acids is 1. The zero-order valence-electron chi connectivity index (χ0n) is 9.81. The molecule has 0 atom stereocenters. The molecule has 0 aromatic rings. The first-order valence-electron chi connectivity index (χ1n) is 4.86. The van der Waals surface area contributed by atoms with E-state index in [1.54, 1.807) is 0 Å². The second-order valence-electron chi connectivity index (χ2n) is 3.29. The molecule has 0 bridgehead atoms. The highest BCUT2D eigenvalue weighted by atomic mass is 32.2. The Labute approximate surface area is 99.5 Å². The van der Waals surface area contributed by atoms with E-state index >= 15 is 0 Å². The summed E-state index contributed by atoms with van der Waals surface area (Å²) in [5.41, 5.74) is -1.64. The monoisotopic (exact) mass is 268 g/mol. The van der Waals surface area contributed by atoms with Crippen LogP contribution in [0, 0.1) is 0 Å². The Morgan fingerprint density at radius 2 is 1.76 bits per heavy atom. The van der Waals surface area contributed by atoms with Crippen LogP contribution in [0.2, 0.25) is 0 Å². The predicted molar refractivity (Wildman–Crippen MR) is 58.5 cm³/mol. The summed E-state index contributed by atoms with van der Waals surface area (Å²) < 4.78 is 30.5. The molecule has 0 aliphatic heterocycles. The molecular formula is C8H16N2O6S. The van der Waals surface area contributed by atoms with E-state index in [4.69, 9.17) is 5.11 Å². The van der Waals surface area contributed by atoms with Crippen molar-refractivity contribution in [2.45, 2.75) is 32.2 Å². The molecule has 0 fully saturated rings. The van der Waals surface area contributed by atoms with Gasteiger partial charge in [0.2, 0.25) is 0 Å². The molecule has 0 radical (unpaired) electrons. The molecule has 0 unspecified atom stereocenters. The van der Waals surface area contributed by atoms with Gasteiger partial charge in [-0.15, -0.1) is 0 Å². The Morgan fingerprint density at radius 3 is 2.06 bits per heavy atom. The summed E-state index contributed by atoms with van der Waals surface area (Å²) in [5.74, 6) is -1.31. The van der Waals surface area contributed by atoms with E-state index < -0.39 is 27.8 Å². The van der Waals surface area contributed by atoms with Gasteiger partial charge in [0.25, 0.3) is 0 Å². The maximum absolute atomic E-state index is 11.5. The summed E-state index contributed by atoms with van der Waals surface area (Å²) in [7, 11) is -3.28. The van der Waals surface area contributed by atoms with Gasteiger partial charge in [-0.1, -0.05) is 13.8 Å². The molecule has 1 amide bonds. The standard InChI is InChI=1S/C8H16N2O6S/c1-4-8(5-2,6(11)12)10-17(14,15)9-7(13)16-3/h10H,4-5H2,1-3H3,(H,9,13)(H,11,12). The van der Waals surface area contributed by atoms with Gasteiger partial charge in [0.15, 0.2) is 0 Å². The molecule has 17 heavy (non-hydrogen) atoms. The summed E-state index contributed by atoms with van der Waals surface area (Å²) in [4.78, 5) is 21.8. The van der Waals surface area contributed by atoms with Crippen LogP contribution in [0.1, 0.15) is 26.7 Å². The van der Waals surface area contributed by atoms with Crippen LogP contribution >= 0.6 is 0 Å². The minimum absolute atomic E-state index is 0.0426. The summed E-state index contributed by atoms with van der Waals surface area (Å²) in [6, 6.07) is 0. The summed E-state index contributed by atoms with van der Waals surface area (Å²) in [6.07, 6.45) is -1.11. The first kappa shape index (κ1) is 15.7. The largest absolute Gasteiger partial charge is 0.480 e. The number of carboxylic acid groups (broad SMARTS) is 1. The third kappa shape index (κ3) is 4.19. The van der Waals surface area contributed by atoms with Crippen molar-refractivity contribution in [1.82, 2.24) is 9.44 Å². The van der Waals surface area contributed by atoms with E-state index in [1.165, 1.54) is 18.6 Å². The van der Waals surface area contributed by atoms with E-state index in [2.05, 4.69) is 4.74 Å². The number of ether oxygens (including phenoxy) is 1. The van der Waals surface area contributed by atoms with Gasteiger partial charge in [-0.25, -0.2) is 9.52 Å². The molecule has 0 heterocycles. The molecule has 9 heteroatoms. The van der Waals surface area contributed by atoms with Crippen LogP contribution < -0.4 is 9.44 Å². The lowest BCUT2D eigenvalue weighted by molar-refractivity contribution is -0.144. The van der Waals surface area contributed by atoms with Gasteiger partial charge in [-0.2, -0.15) is 13.1 Å². The Morgan fingerprint density at radius 1 is 1.29 bits per heavy atom. The maximum Gasteiger partial charge on any atom is 0.421 e. The number of hydrogen-bond acceptors (Lipinski definition) is 5. The Balaban J connectivity index is 5.01. The molecule has 100 valence electrons. The number of carbonyl (C=O) groups is 2. The third-order valence-electron chi connectivity index (χ3n) is 2.35. The Kier molecular flexibility index (Phi) is 5.36. The van der Waals surface area contributed by atoms with Crippen molar-refractivity contribution in [3.8, 4) is 0 Å². The van der Waals surface area contributed by atoms with Gasteiger partial charge in [0.1, 0.15) is 5.54 Å². The average Bonchev–Trinajstić information content (AvgIpc) is 2.24. The minimum atomic E-state index is -4.28. The zero-order valence-corrected chi connectivity index (χ0v) is 10.6. The molecule has 0 rings (SSSR count). The van der Waals surface area contributed by atoms with Crippen molar-refractivity contribution in [3.05, 3.63) is 0 Å². The van der Waals surface area contributed by atoms with Crippen molar-refractivity contribution >= 4 is 22.3 Å². The van der Waals surface area contributed by atoms with Crippen LogP contribution in [-0.4, -0.2) is 38.2 Å². The lowest BCUT2D eigenvalue weighted by Crippen LogP contribution is -2.57. The highest BCUT2D eigenvalue weighted by molar-refractivity contribution is 7.88. The van der Waals surface area contributed by atoms with Crippen LogP contribution in [0.5, 0.6) is 0 Å². The van der Waals surface area contributed by atoms with Gasteiger partial charge < -0.3 is 9.84 Å². The molecular weight excluding hydrogens is 252 g/mol. The topological polar surface area (TPSA) is 122 Å². The van der Waals surface area contributed by atoms with Crippen LogP contribution in [0.3, 0.4) is 0 Å². The van der Waals surface area contributed by atoms with Crippen LogP contribution in [0.25, 0.3) is 0 Å². The molecule has 8 nitrogen and oxygen atoms in total. The SMILES string of the molecule is CCC(CC)(NS(=O)(=O)NC(=O)OC)C(=O)O. The van der Waals surface area contributed by atoms with Crippen LogP contribution in [0.15, 0.2) is 0 Å². The normalized spacial score (nSPS) is 11.9. The van der Waals surface area contributed by atoms with E-state index in [-0.39, 0.29) is 12.8 Å². The molecule has 0 aromatic heterocycles. The first-order chi connectivity index (χ1) is 7.73. The summed E-state index contributed by atoms with van der Waals surface area (Å²) in [6.45, 7) is 3.05. The van der Waals surface area contributed by atoms with Gasteiger partial charge >= 0.3 is 22.3 Å². The highest BCUT2D eigenvalue weighted by Crippen LogP contribution is 2.16. The smallest absolute Gasteiger partial charge is 0.421 e. The van der Waals surface area contributed by atoms with Crippen LogP contribution in [0.4, 0.5) is 4.79 Å². The van der Waals surface area contributed by atoms with E-state index in [0.29, 0.717) is 0 Å². The molecule has 0 spiro atoms. The van der Waals surface area contributed by atoms with Crippen molar-refractivity contribution in [2.24, 2.45) is 0 Å². The van der Waals surface area contributed by atoms with Crippen molar-refractivity contribution < 1.29 is 27.9 Å². The highest BCUT2D eigenvalue weighted by Gasteiger charge is 2.39. The molecule has 3 N–H and O–H groups in total. The van der Waals surface area contributed by atoms with E-state index in [0.717, 1.165) is 7.11 Å². The second kappa shape index (κ2) is 5.82. The lowest BCUT2D eigenvalue weighted by Gasteiger charge is -2.27. The van der Waals surface area contributed by atoms with Gasteiger partial charge in [-0.3, -0.25) is 4.79 Å². The quantitative estimate of drug-likeness (QED) is 0.614. The van der Waals surface area contributed by atoms with Gasteiger partial charge in [0.05, 0.1) is 7.11 Å². The predicted octanol–water partition coefficient (Wildman–Crippen LogP) is -0.180. The molecule has 0 saturated carbocycles. The first-order valence-corrected chi connectivity index (χ1v) is 6.34. The summed E-state index contributed by atoms with van der Waals surface area (Å²) in [5, 5.41) is 9.01. The van der Waals surface area contributed by atoms with Crippen LogP contribution in [-0.2, 0) is 19.7 Å². The minimum Gasteiger partial charge on any atom is -0.480 e. The number of methoxy groups -OCH3 is 1. The third-order valence-corrected chi connectivity index (χ3v) is 3.44. The number of carboxylic acids is 1. The zero-order chi connectivity index (χ0) is 13.7. The van der Waals surface area contributed by atoms with Gasteiger partial charge in [-0.05, 0) is 12.8 Å². The molecule has 0 aliphatic rings. The average molecular weight is 268 g/mol. The van der Waals surface area contributed by atoms with Crippen molar-refractivity contribution in [2.75, 3.05) is 7.11 Å². The van der Waals surface area contributed by atoms with E-state index in [1.807, 2.05) is 4.72 Å². The maximum atomic E-state index is 11.5. The number of aliphatic carboxylic acids is 1. The fourth-order valence-corrected chi connectivity index (χ4v) is 2.42. The lowest BCUT2D eigenvalue weighted by atomic mass is 9.95. The number of hydrogen-bond donors (Lipinski definition) is 3. The number of rotatable bonds is 6. The molecule has 0 aromatic carbocycles.